The molecule has 0 bridgehead atoms. The van der Waals surface area contributed by atoms with Crippen molar-refractivity contribution in [3.8, 4) is 0 Å². The Morgan fingerprint density at radius 2 is 2.00 bits per heavy atom. The SMILES string of the molecule is CCCC(=O)CS(=O)C1CCCC1. The standard InChI is InChI=1S/C10H18O2S/c1-2-5-9(11)8-13(12)10-6-3-4-7-10/h10H,2-8H2,1H3. The first-order valence-corrected chi connectivity index (χ1v) is 6.51. The van der Waals surface area contributed by atoms with Crippen LogP contribution in [0.5, 0.6) is 0 Å². The molecule has 1 aliphatic carbocycles. The van der Waals surface area contributed by atoms with Crippen LogP contribution in [0.2, 0.25) is 0 Å². The van der Waals surface area contributed by atoms with E-state index in [0.717, 1.165) is 19.3 Å². The highest BCUT2D eigenvalue weighted by atomic mass is 32.2. The molecule has 0 N–H and O–H groups in total. The highest BCUT2D eigenvalue weighted by molar-refractivity contribution is 7.86. The molecular formula is C10H18O2S. The molecule has 1 saturated carbocycles. The second-order valence-electron chi connectivity index (χ2n) is 3.72. The molecule has 3 heteroatoms. The van der Waals surface area contributed by atoms with Crippen LogP contribution in [0.15, 0.2) is 0 Å². The van der Waals surface area contributed by atoms with E-state index in [0.29, 0.717) is 17.4 Å². The van der Waals surface area contributed by atoms with Gasteiger partial charge in [0.1, 0.15) is 5.78 Å². The summed E-state index contributed by atoms with van der Waals surface area (Å²) in [6.45, 7) is 1.98. The predicted molar refractivity (Wildman–Crippen MR) is 55.2 cm³/mol. The molecule has 1 aliphatic rings. The number of hydrogen-bond donors (Lipinski definition) is 0. The average molecular weight is 202 g/mol. The molecule has 13 heavy (non-hydrogen) atoms. The smallest absolute Gasteiger partial charge is 0.145 e. The molecule has 0 saturated heterocycles. The molecule has 1 unspecified atom stereocenters. The van der Waals surface area contributed by atoms with E-state index in [1.807, 2.05) is 6.92 Å². The van der Waals surface area contributed by atoms with Crippen LogP contribution in [0.4, 0.5) is 0 Å². The second kappa shape index (κ2) is 5.53. The number of hydrogen-bond acceptors (Lipinski definition) is 2. The minimum Gasteiger partial charge on any atom is -0.299 e. The lowest BCUT2D eigenvalue weighted by Crippen LogP contribution is -2.19. The Morgan fingerprint density at radius 1 is 1.38 bits per heavy atom. The predicted octanol–water partition coefficient (Wildman–Crippen LogP) is 2.05. The lowest BCUT2D eigenvalue weighted by molar-refractivity contribution is -0.116. The summed E-state index contributed by atoms with van der Waals surface area (Å²) < 4.78 is 11.6. The van der Waals surface area contributed by atoms with Crippen LogP contribution >= 0.6 is 0 Å². The fourth-order valence-corrected chi connectivity index (χ4v) is 3.34. The van der Waals surface area contributed by atoms with E-state index in [1.165, 1.54) is 12.8 Å². The van der Waals surface area contributed by atoms with Gasteiger partial charge in [-0.3, -0.25) is 9.00 Å². The molecule has 0 aromatic rings. The summed E-state index contributed by atoms with van der Waals surface area (Å²) in [7, 11) is -0.876. The van der Waals surface area contributed by atoms with Gasteiger partial charge in [-0.2, -0.15) is 0 Å². The van der Waals surface area contributed by atoms with Crippen molar-refractivity contribution in [2.75, 3.05) is 5.75 Å². The molecule has 76 valence electrons. The molecule has 2 nitrogen and oxygen atoms in total. The maximum atomic E-state index is 11.6. The van der Waals surface area contributed by atoms with Crippen LogP contribution in [0, 0.1) is 0 Å². The quantitative estimate of drug-likeness (QED) is 0.683. The normalized spacial score (nSPS) is 20.4. The van der Waals surface area contributed by atoms with Gasteiger partial charge in [-0.1, -0.05) is 19.8 Å². The van der Waals surface area contributed by atoms with Gasteiger partial charge in [0, 0.05) is 22.5 Å². The first-order chi connectivity index (χ1) is 6.24. The third-order valence-corrected chi connectivity index (χ3v) is 4.33. The van der Waals surface area contributed by atoms with E-state index < -0.39 is 10.8 Å². The molecule has 0 aliphatic heterocycles. The first kappa shape index (κ1) is 10.9. The van der Waals surface area contributed by atoms with Gasteiger partial charge in [0.2, 0.25) is 0 Å². The fourth-order valence-electron chi connectivity index (χ4n) is 1.78. The zero-order valence-electron chi connectivity index (χ0n) is 8.25. The largest absolute Gasteiger partial charge is 0.299 e. The monoisotopic (exact) mass is 202 g/mol. The summed E-state index contributed by atoms with van der Waals surface area (Å²) in [5, 5.41) is 0.320. The van der Waals surface area contributed by atoms with E-state index in [9.17, 15) is 9.00 Å². The molecule has 0 aromatic heterocycles. The lowest BCUT2D eigenvalue weighted by atomic mass is 10.3. The van der Waals surface area contributed by atoms with Crippen molar-refractivity contribution in [3.63, 3.8) is 0 Å². The van der Waals surface area contributed by atoms with Crippen molar-refractivity contribution in [3.05, 3.63) is 0 Å². The number of carbonyl (C=O) groups is 1. The Kier molecular flexibility index (Phi) is 4.64. The highest BCUT2D eigenvalue weighted by Crippen LogP contribution is 2.23. The summed E-state index contributed by atoms with van der Waals surface area (Å²) in [5.74, 6) is 0.478. The second-order valence-corrected chi connectivity index (χ2v) is 5.44. The summed E-state index contributed by atoms with van der Waals surface area (Å²) in [5.41, 5.74) is 0. The van der Waals surface area contributed by atoms with Gasteiger partial charge >= 0.3 is 0 Å². The van der Waals surface area contributed by atoms with Crippen LogP contribution in [0.3, 0.4) is 0 Å². The minimum absolute atomic E-state index is 0.174. The summed E-state index contributed by atoms with van der Waals surface area (Å²) >= 11 is 0. The van der Waals surface area contributed by atoms with E-state index >= 15 is 0 Å². The first-order valence-electron chi connectivity index (χ1n) is 5.13. The van der Waals surface area contributed by atoms with Gasteiger partial charge in [0.15, 0.2) is 0 Å². The molecule has 0 spiro atoms. The molecule has 1 rings (SSSR count). The Labute approximate surface area is 82.6 Å². The Hall–Kier alpha value is -0.180. The van der Waals surface area contributed by atoms with Gasteiger partial charge < -0.3 is 0 Å². The van der Waals surface area contributed by atoms with Crippen LogP contribution in [-0.2, 0) is 15.6 Å². The van der Waals surface area contributed by atoms with Crippen LogP contribution in [-0.4, -0.2) is 21.0 Å². The van der Waals surface area contributed by atoms with E-state index in [4.69, 9.17) is 0 Å². The van der Waals surface area contributed by atoms with Crippen molar-refractivity contribution in [2.45, 2.75) is 50.7 Å². The summed E-state index contributed by atoms with van der Waals surface area (Å²) in [6, 6.07) is 0. The van der Waals surface area contributed by atoms with Crippen LogP contribution in [0.25, 0.3) is 0 Å². The van der Waals surface area contributed by atoms with E-state index in [2.05, 4.69) is 0 Å². The molecule has 0 aromatic carbocycles. The zero-order valence-corrected chi connectivity index (χ0v) is 9.07. The number of rotatable bonds is 5. The zero-order chi connectivity index (χ0) is 9.68. The van der Waals surface area contributed by atoms with Crippen LogP contribution < -0.4 is 0 Å². The molecule has 0 radical (unpaired) electrons. The van der Waals surface area contributed by atoms with Crippen molar-refractivity contribution in [1.29, 1.82) is 0 Å². The van der Waals surface area contributed by atoms with Gasteiger partial charge in [-0.25, -0.2) is 0 Å². The molecular weight excluding hydrogens is 184 g/mol. The topological polar surface area (TPSA) is 34.1 Å². The van der Waals surface area contributed by atoms with Crippen molar-refractivity contribution >= 4 is 16.6 Å². The Bertz CT molecular complexity index is 195. The number of carbonyl (C=O) groups excluding carboxylic acids is 1. The maximum absolute atomic E-state index is 11.6. The molecule has 1 atom stereocenters. The van der Waals surface area contributed by atoms with Gasteiger partial charge in [-0.05, 0) is 19.3 Å². The summed E-state index contributed by atoms with van der Waals surface area (Å²) in [6.07, 6.45) is 5.98. The van der Waals surface area contributed by atoms with Gasteiger partial charge in [0.05, 0.1) is 5.75 Å². The van der Waals surface area contributed by atoms with Gasteiger partial charge in [0.25, 0.3) is 0 Å². The highest BCUT2D eigenvalue weighted by Gasteiger charge is 2.22. The van der Waals surface area contributed by atoms with Crippen molar-refractivity contribution < 1.29 is 9.00 Å². The number of ketones is 1. The van der Waals surface area contributed by atoms with Crippen molar-refractivity contribution in [2.24, 2.45) is 0 Å². The van der Waals surface area contributed by atoms with Crippen molar-refractivity contribution in [1.82, 2.24) is 0 Å². The third-order valence-electron chi connectivity index (χ3n) is 2.51. The average Bonchev–Trinajstić information content (AvgIpc) is 2.55. The molecule has 0 amide bonds. The number of Topliss-reactive ketones (excluding diaryl/α,β-unsaturated/α-hetero) is 1. The van der Waals surface area contributed by atoms with E-state index in [1.54, 1.807) is 0 Å². The minimum atomic E-state index is -0.876. The van der Waals surface area contributed by atoms with Crippen LogP contribution in [0.1, 0.15) is 45.4 Å². The Balaban J connectivity index is 2.27. The Morgan fingerprint density at radius 3 is 2.54 bits per heavy atom. The fraction of sp³-hybridized carbons (Fsp3) is 0.900. The lowest BCUT2D eigenvalue weighted by Gasteiger charge is -2.07. The molecule has 1 fully saturated rings. The van der Waals surface area contributed by atoms with Gasteiger partial charge in [-0.15, -0.1) is 0 Å². The maximum Gasteiger partial charge on any atom is 0.145 e. The third kappa shape index (κ3) is 3.59. The molecule has 0 heterocycles. The van der Waals surface area contributed by atoms with E-state index in [-0.39, 0.29) is 5.78 Å². The summed E-state index contributed by atoms with van der Waals surface area (Å²) in [4.78, 5) is 11.2.